The van der Waals surface area contributed by atoms with Gasteiger partial charge in [-0.2, -0.15) is 5.10 Å². The van der Waals surface area contributed by atoms with E-state index in [1.807, 2.05) is 30.3 Å². The molecule has 1 heterocycles. The van der Waals surface area contributed by atoms with Crippen LogP contribution in [-0.2, 0) is 14.3 Å². The Balaban J connectivity index is 2.06. The van der Waals surface area contributed by atoms with Crippen LogP contribution in [0.3, 0.4) is 0 Å². The summed E-state index contributed by atoms with van der Waals surface area (Å²) in [5.41, 5.74) is 1.29. The molecule has 0 saturated carbocycles. The van der Waals surface area contributed by atoms with Crippen molar-refractivity contribution in [3.63, 3.8) is 0 Å². The van der Waals surface area contributed by atoms with Crippen molar-refractivity contribution in [2.24, 2.45) is 0 Å². The first-order valence-corrected chi connectivity index (χ1v) is 5.79. The molecule has 1 aromatic carbocycles. The topological polar surface area (TPSA) is 73.2 Å². The zero-order valence-corrected chi connectivity index (χ0v) is 10.4. The van der Waals surface area contributed by atoms with Crippen molar-refractivity contribution >= 4 is 17.6 Å². The molecular weight excluding hydrogens is 246 g/mol. The fourth-order valence-electron chi connectivity index (χ4n) is 1.49. The summed E-state index contributed by atoms with van der Waals surface area (Å²) in [6.45, 7) is 1.80. The normalized spacial score (nSPS) is 9.95. The average Bonchev–Trinajstić information content (AvgIpc) is 2.88. The van der Waals surface area contributed by atoms with Crippen molar-refractivity contribution in [1.82, 2.24) is 9.78 Å². The summed E-state index contributed by atoms with van der Waals surface area (Å²) in [5, 5.41) is 6.51. The number of benzene rings is 1. The molecule has 98 valence electrons. The van der Waals surface area contributed by atoms with Gasteiger partial charge in [0.2, 0.25) is 0 Å². The number of aromatic nitrogens is 2. The van der Waals surface area contributed by atoms with Crippen LogP contribution in [0, 0.1) is 0 Å². The Hall–Kier alpha value is -2.63. The fourth-order valence-corrected chi connectivity index (χ4v) is 1.49. The van der Waals surface area contributed by atoms with E-state index in [-0.39, 0.29) is 6.61 Å². The van der Waals surface area contributed by atoms with E-state index in [9.17, 15) is 9.59 Å². The van der Waals surface area contributed by atoms with Gasteiger partial charge in [-0.25, -0.2) is 9.48 Å². The van der Waals surface area contributed by atoms with Crippen molar-refractivity contribution in [3.8, 4) is 5.69 Å². The van der Waals surface area contributed by atoms with Crippen molar-refractivity contribution in [2.75, 3.05) is 11.9 Å². The number of rotatable bonds is 3. The molecule has 0 fully saturated rings. The highest BCUT2D eigenvalue weighted by molar-refractivity contribution is 6.37. The molecule has 0 bridgehead atoms. The Labute approximate surface area is 110 Å². The second kappa shape index (κ2) is 5.81. The molecule has 0 aliphatic carbocycles. The number of carbonyl (C=O) groups excluding carboxylic acids is 2. The summed E-state index contributed by atoms with van der Waals surface area (Å²) in [7, 11) is 0. The van der Waals surface area contributed by atoms with E-state index in [2.05, 4.69) is 15.2 Å². The van der Waals surface area contributed by atoms with Crippen LogP contribution < -0.4 is 5.32 Å². The van der Waals surface area contributed by atoms with Crippen molar-refractivity contribution in [1.29, 1.82) is 0 Å². The van der Waals surface area contributed by atoms with E-state index in [1.54, 1.807) is 17.8 Å². The second-order valence-corrected chi connectivity index (χ2v) is 3.68. The summed E-state index contributed by atoms with van der Waals surface area (Å²) in [5.74, 6) is -1.72. The predicted molar refractivity (Wildman–Crippen MR) is 68.8 cm³/mol. The SMILES string of the molecule is CCOC(=O)C(=O)Nc1cnn(-c2ccccc2)c1. The van der Waals surface area contributed by atoms with E-state index in [1.165, 1.54) is 6.20 Å². The van der Waals surface area contributed by atoms with Gasteiger partial charge in [0.1, 0.15) is 0 Å². The van der Waals surface area contributed by atoms with Crippen LogP contribution >= 0.6 is 0 Å². The highest BCUT2D eigenvalue weighted by Gasteiger charge is 2.15. The zero-order chi connectivity index (χ0) is 13.7. The number of anilines is 1. The third kappa shape index (κ3) is 3.19. The largest absolute Gasteiger partial charge is 0.459 e. The first-order valence-electron chi connectivity index (χ1n) is 5.79. The average molecular weight is 259 g/mol. The lowest BCUT2D eigenvalue weighted by Crippen LogP contribution is -2.24. The fraction of sp³-hybridized carbons (Fsp3) is 0.154. The standard InChI is InChI=1S/C13H13N3O3/c1-2-19-13(18)12(17)15-10-8-14-16(9-10)11-6-4-3-5-7-11/h3-9H,2H2,1H3,(H,15,17). The number of para-hydroxylation sites is 1. The molecule has 0 spiro atoms. The summed E-state index contributed by atoms with van der Waals surface area (Å²) < 4.78 is 6.19. The van der Waals surface area contributed by atoms with E-state index >= 15 is 0 Å². The van der Waals surface area contributed by atoms with Crippen LogP contribution in [0.5, 0.6) is 0 Å². The van der Waals surface area contributed by atoms with Crippen molar-refractivity contribution in [3.05, 3.63) is 42.7 Å². The van der Waals surface area contributed by atoms with E-state index in [0.717, 1.165) is 5.69 Å². The number of esters is 1. The van der Waals surface area contributed by atoms with Crippen LogP contribution in [0.2, 0.25) is 0 Å². The minimum atomic E-state index is -0.907. The van der Waals surface area contributed by atoms with Crippen LogP contribution in [0.1, 0.15) is 6.92 Å². The minimum Gasteiger partial charge on any atom is -0.459 e. The first kappa shape index (κ1) is 12.8. The Bertz CT molecular complexity index is 578. The predicted octanol–water partition coefficient (Wildman–Crippen LogP) is 1.37. The van der Waals surface area contributed by atoms with Crippen LogP contribution in [0.15, 0.2) is 42.7 Å². The van der Waals surface area contributed by atoms with Crippen molar-refractivity contribution < 1.29 is 14.3 Å². The third-order valence-corrected chi connectivity index (χ3v) is 2.32. The maximum absolute atomic E-state index is 11.4. The molecule has 19 heavy (non-hydrogen) atoms. The maximum Gasteiger partial charge on any atom is 0.397 e. The molecule has 0 atom stereocenters. The highest BCUT2D eigenvalue weighted by atomic mass is 16.5. The van der Waals surface area contributed by atoms with Gasteiger partial charge < -0.3 is 10.1 Å². The Kier molecular flexibility index (Phi) is 3.92. The smallest absolute Gasteiger partial charge is 0.397 e. The van der Waals surface area contributed by atoms with Gasteiger partial charge in [0, 0.05) is 0 Å². The van der Waals surface area contributed by atoms with Gasteiger partial charge in [-0.05, 0) is 19.1 Å². The first-order chi connectivity index (χ1) is 9.20. The third-order valence-electron chi connectivity index (χ3n) is 2.32. The highest BCUT2D eigenvalue weighted by Crippen LogP contribution is 2.11. The summed E-state index contributed by atoms with van der Waals surface area (Å²) in [4.78, 5) is 22.6. The quantitative estimate of drug-likeness (QED) is 0.667. The molecule has 1 aromatic heterocycles. The van der Waals surface area contributed by atoms with Gasteiger partial charge in [0.05, 0.1) is 30.4 Å². The lowest BCUT2D eigenvalue weighted by molar-refractivity contribution is -0.152. The number of amides is 1. The molecule has 0 unspecified atom stereocenters. The Morgan fingerprint density at radius 2 is 2.05 bits per heavy atom. The van der Waals surface area contributed by atoms with E-state index in [4.69, 9.17) is 0 Å². The molecular formula is C13H13N3O3. The number of hydrogen-bond acceptors (Lipinski definition) is 4. The van der Waals surface area contributed by atoms with Gasteiger partial charge >= 0.3 is 11.9 Å². The lowest BCUT2D eigenvalue weighted by Gasteiger charge is -2.01. The molecule has 1 N–H and O–H groups in total. The molecule has 0 aliphatic rings. The van der Waals surface area contributed by atoms with Crippen LogP contribution in [-0.4, -0.2) is 28.3 Å². The number of nitrogens with one attached hydrogen (secondary N) is 1. The molecule has 1 amide bonds. The molecule has 0 saturated heterocycles. The number of ether oxygens (including phenoxy) is 1. The maximum atomic E-state index is 11.4. The summed E-state index contributed by atoms with van der Waals surface area (Å²) >= 11 is 0. The summed E-state index contributed by atoms with van der Waals surface area (Å²) in [6.07, 6.45) is 3.08. The molecule has 2 aromatic rings. The minimum absolute atomic E-state index is 0.162. The molecule has 0 aliphatic heterocycles. The molecule has 6 heteroatoms. The molecule has 6 nitrogen and oxygen atoms in total. The van der Waals surface area contributed by atoms with E-state index < -0.39 is 11.9 Å². The number of nitrogens with zero attached hydrogens (tertiary/aromatic N) is 2. The van der Waals surface area contributed by atoms with Gasteiger partial charge in [0.15, 0.2) is 0 Å². The lowest BCUT2D eigenvalue weighted by atomic mass is 10.3. The summed E-state index contributed by atoms with van der Waals surface area (Å²) in [6, 6.07) is 9.42. The number of hydrogen-bond donors (Lipinski definition) is 1. The van der Waals surface area contributed by atoms with Gasteiger partial charge in [-0.1, -0.05) is 18.2 Å². The van der Waals surface area contributed by atoms with Gasteiger partial charge in [-0.3, -0.25) is 4.79 Å². The van der Waals surface area contributed by atoms with Crippen molar-refractivity contribution in [2.45, 2.75) is 6.92 Å². The van der Waals surface area contributed by atoms with Gasteiger partial charge in [-0.15, -0.1) is 0 Å². The monoisotopic (exact) mass is 259 g/mol. The van der Waals surface area contributed by atoms with E-state index in [0.29, 0.717) is 5.69 Å². The number of carbonyl (C=O) groups is 2. The van der Waals surface area contributed by atoms with Gasteiger partial charge in [0.25, 0.3) is 0 Å². The molecule has 2 rings (SSSR count). The van der Waals surface area contributed by atoms with Crippen LogP contribution in [0.4, 0.5) is 5.69 Å². The zero-order valence-electron chi connectivity index (χ0n) is 10.4. The Morgan fingerprint density at radius 1 is 1.32 bits per heavy atom. The molecule has 0 radical (unpaired) electrons. The Morgan fingerprint density at radius 3 is 2.74 bits per heavy atom. The van der Waals surface area contributed by atoms with Crippen LogP contribution in [0.25, 0.3) is 5.69 Å². The second-order valence-electron chi connectivity index (χ2n) is 3.68.